The second-order valence-electron chi connectivity index (χ2n) is 3.54. The molecular weight excluding hydrogens is 196 g/mol. The van der Waals surface area contributed by atoms with Crippen LogP contribution in [0.2, 0.25) is 0 Å². The Morgan fingerprint density at radius 2 is 2.20 bits per heavy atom. The first-order valence-corrected chi connectivity index (χ1v) is 4.67. The molecule has 15 heavy (non-hydrogen) atoms. The minimum Gasteiger partial charge on any atom is -0.392 e. The van der Waals surface area contributed by atoms with Crippen molar-refractivity contribution in [1.82, 2.24) is 0 Å². The van der Waals surface area contributed by atoms with Crippen LogP contribution in [-0.4, -0.2) is 22.7 Å². The molecule has 1 aromatic rings. The van der Waals surface area contributed by atoms with Gasteiger partial charge in [0, 0.05) is 24.4 Å². The number of nitrogens with one attached hydrogen (secondary N) is 1. The van der Waals surface area contributed by atoms with E-state index in [1.54, 1.807) is 19.9 Å². The smallest absolute Gasteiger partial charge is 0.271 e. The molecule has 0 heterocycles. The van der Waals surface area contributed by atoms with Gasteiger partial charge in [-0.25, -0.2) is 0 Å². The largest absolute Gasteiger partial charge is 0.392 e. The van der Waals surface area contributed by atoms with Crippen molar-refractivity contribution in [2.75, 3.05) is 11.9 Å². The van der Waals surface area contributed by atoms with Gasteiger partial charge in [0.25, 0.3) is 5.69 Å². The summed E-state index contributed by atoms with van der Waals surface area (Å²) in [7, 11) is 0. The number of anilines is 1. The fourth-order valence-electron chi connectivity index (χ4n) is 1.24. The number of rotatable bonds is 4. The highest BCUT2D eigenvalue weighted by atomic mass is 16.6. The van der Waals surface area contributed by atoms with Gasteiger partial charge in [-0.3, -0.25) is 10.1 Å². The second kappa shape index (κ2) is 4.75. The minimum absolute atomic E-state index is 0.0584. The van der Waals surface area contributed by atoms with Crippen molar-refractivity contribution in [3.63, 3.8) is 0 Å². The molecule has 1 unspecified atom stereocenters. The molecule has 0 saturated carbocycles. The van der Waals surface area contributed by atoms with Crippen molar-refractivity contribution in [2.45, 2.75) is 20.0 Å². The summed E-state index contributed by atoms with van der Waals surface area (Å²) in [5.74, 6) is 0. The number of aryl methyl sites for hydroxylation is 1. The summed E-state index contributed by atoms with van der Waals surface area (Å²) in [4.78, 5) is 10.1. The highest BCUT2D eigenvalue weighted by Gasteiger charge is 2.07. The molecule has 0 aliphatic heterocycles. The highest BCUT2D eigenvalue weighted by molar-refractivity contribution is 5.53. The van der Waals surface area contributed by atoms with E-state index in [-0.39, 0.29) is 5.69 Å². The van der Waals surface area contributed by atoms with Crippen LogP contribution in [0.25, 0.3) is 0 Å². The number of non-ortho nitro benzene ring substituents is 1. The molecule has 0 radical (unpaired) electrons. The van der Waals surface area contributed by atoms with E-state index in [1.165, 1.54) is 12.1 Å². The topological polar surface area (TPSA) is 75.4 Å². The quantitative estimate of drug-likeness (QED) is 0.585. The highest BCUT2D eigenvalue weighted by Crippen LogP contribution is 2.20. The maximum atomic E-state index is 10.6. The van der Waals surface area contributed by atoms with E-state index < -0.39 is 11.0 Å². The summed E-state index contributed by atoms with van der Waals surface area (Å²) >= 11 is 0. The van der Waals surface area contributed by atoms with Crippen LogP contribution >= 0.6 is 0 Å². The summed E-state index contributed by atoms with van der Waals surface area (Å²) in [6.07, 6.45) is -0.482. The van der Waals surface area contributed by atoms with Crippen molar-refractivity contribution >= 4 is 11.4 Å². The average Bonchev–Trinajstić information content (AvgIpc) is 2.13. The van der Waals surface area contributed by atoms with Gasteiger partial charge in [-0.2, -0.15) is 0 Å². The molecule has 1 aromatic carbocycles. The Labute approximate surface area is 87.9 Å². The van der Waals surface area contributed by atoms with E-state index in [9.17, 15) is 10.1 Å². The molecule has 0 aromatic heterocycles. The van der Waals surface area contributed by atoms with E-state index in [0.717, 1.165) is 5.56 Å². The Kier molecular flexibility index (Phi) is 3.62. The van der Waals surface area contributed by atoms with Crippen molar-refractivity contribution in [3.05, 3.63) is 33.9 Å². The standard InChI is InChI=1S/C10H14N2O3/c1-7-3-9(11-6-8(2)13)5-10(4-7)12(14)15/h3-5,8,11,13H,6H2,1-2H3. The molecule has 0 fully saturated rings. The van der Waals surface area contributed by atoms with Gasteiger partial charge in [0.05, 0.1) is 11.0 Å². The van der Waals surface area contributed by atoms with E-state index >= 15 is 0 Å². The number of nitro groups is 1. The zero-order valence-corrected chi connectivity index (χ0v) is 8.73. The predicted octanol–water partition coefficient (Wildman–Crippen LogP) is 1.70. The lowest BCUT2D eigenvalue weighted by Crippen LogP contribution is -2.15. The summed E-state index contributed by atoms with van der Waals surface area (Å²) in [6, 6.07) is 4.76. The summed E-state index contributed by atoms with van der Waals surface area (Å²) in [6.45, 7) is 3.82. The Morgan fingerprint density at radius 3 is 2.73 bits per heavy atom. The lowest BCUT2D eigenvalue weighted by molar-refractivity contribution is -0.384. The normalized spacial score (nSPS) is 12.2. The van der Waals surface area contributed by atoms with Crippen molar-refractivity contribution in [3.8, 4) is 0 Å². The maximum absolute atomic E-state index is 10.6. The van der Waals surface area contributed by atoms with E-state index in [0.29, 0.717) is 12.2 Å². The number of aliphatic hydroxyl groups is 1. The van der Waals surface area contributed by atoms with E-state index in [2.05, 4.69) is 5.32 Å². The molecule has 0 spiro atoms. The molecule has 0 aliphatic carbocycles. The molecule has 0 bridgehead atoms. The van der Waals surface area contributed by atoms with E-state index in [1.807, 2.05) is 0 Å². The van der Waals surface area contributed by atoms with Gasteiger partial charge in [-0.05, 0) is 25.5 Å². The Bertz CT molecular complexity index is 364. The van der Waals surface area contributed by atoms with Crippen LogP contribution in [0.3, 0.4) is 0 Å². The van der Waals surface area contributed by atoms with Gasteiger partial charge >= 0.3 is 0 Å². The first-order valence-electron chi connectivity index (χ1n) is 4.67. The van der Waals surface area contributed by atoms with Gasteiger partial charge in [0.15, 0.2) is 0 Å². The van der Waals surface area contributed by atoms with Crippen LogP contribution in [0.1, 0.15) is 12.5 Å². The van der Waals surface area contributed by atoms with Crippen LogP contribution < -0.4 is 5.32 Å². The van der Waals surface area contributed by atoms with E-state index in [4.69, 9.17) is 5.11 Å². The minimum atomic E-state index is -0.482. The third-order valence-corrected chi connectivity index (χ3v) is 1.87. The third-order valence-electron chi connectivity index (χ3n) is 1.87. The van der Waals surface area contributed by atoms with Crippen LogP contribution in [0.5, 0.6) is 0 Å². The number of nitrogens with zero attached hydrogens (tertiary/aromatic N) is 1. The Hall–Kier alpha value is -1.62. The summed E-state index contributed by atoms with van der Waals surface area (Å²) < 4.78 is 0. The van der Waals surface area contributed by atoms with Crippen LogP contribution in [0.4, 0.5) is 11.4 Å². The van der Waals surface area contributed by atoms with Crippen LogP contribution in [0, 0.1) is 17.0 Å². The fraction of sp³-hybridized carbons (Fsp3) is 0.400. The first-order chi connectivity index (χ1) is 6.99. The van der Waals surface area contributed by atoms with Crippen LogP contribution in [0.15, 0.2) is 18.2 Å². The Balaban J connectivity index is 2.84. The lowest BCUT2D eigenvalue weighted by Gasteiger charge is -2.08. The summed E-state index contributed by atoms with van der Waals surface area (Å²) in [5.41, 5.74) is 1.53. The zero-order chi connectivity index (χ0) is 11.4. The molecule has 82 valence electrons. The molecule has 0 saturated heterocycles. The number of hydrogen-bond acceptors (Lipinski definition) is 4. The number of hydrogen-bond donors (Lipinski definition) is 2. The second-order valence-corrected chi connectivity index (χ2v) is 3.54. The summed E-state index contributed by atoms with van der Waals surface area (Å²) in [5, 5.41) is 22.6. The van der Waals surface area contributed by atoms with Gasteiger partial charge in [-0.1, -0.05) is 0 Å². The molecule has 1 atom stereocenters. The van der Waals surface area contributed by atoms with Crippen molar-refractivity contribution < 1.29 is 10.0 Å². The zero-order valence-electron chi connectivity index (χ0n) is 8.73. The third kappa shape index (κ3) is 3.55. The average molecular weight is 210 g/mol. The van der Waals surface area contributed by atoms with Crippen LogP contribution in [-0.2, 0) is 0 Å². The molecule has 5 heteroatoms. The maximum Gasteiger partial charge on any atom is 0.271 e. The number of nitro benzene ring substituents is 1. The van der Waals surface area contributed by atoms with Gasteiger partial charge < -0.3 is 10.4 Å². The molecule has 0 amide bonds. The Morgan fingerprint density at radius 1 is 1.53 bits per heavy atom. The monoisotopic (exact) mass is 210 g/mol. The number of aliphatic hydroxyl groups excluding tert-OH is 1. The lowest BCUT2D eigenvalue weighted by atomic mass is 10.2. The fourth-order valence-corrected chi connectivity index (χ4v) is 1.24. The van der Waals surface area contributed by atoms with Crippen molar-refractivity contribution in [1.29, 1.82) is 0 Å². The molecule has 2 N–H and O–H groups in total. The molecule has 5 nitrogen and oxygen atoms in total. The van der Waals surface area contributed by atoms with Gasteiger partial charge in [0.1, 0.15) is 0 Å². The molecular formula is C10H14N2O3. The van der Waals surface area contributed by atoms with Crippen molar-refractivity contribution in [2.24, 2.45) is 0 Å². The molecule has 0 aliphatic rings. The predicted molar refractivity (Wildman–Crippen MR) is 58.0 cm³/mol. The SMILES string of the molecule is Cc1cc(NCC(C)O)cc([N+](=O)[O-])c1. The number of benzene rings is 1. The molecule has 1 rings (SSSR count). The van der Waals surface area contributed by atoms with Gasteiger partial charge in [0.2, 0.25) is 0 Å². The van der Waals surface area contributed by atoms with Gasteiger partial charge in [-0.15, -0.1) is 0 Å². The first kappa shape index (κ1) is 11.5.